The molecule has 0 aliphatic heterocycles. The van der Waals surface area contributed by atoms with Crippen molar-refractivity contribution in [2.75, 3.05) is 13.2 Å². The average Bonchev–Trinajstić information content (AvgIpc) is 2.35. The fraction of sp³-hybridized carbons (Fsp3) is 0.611. The van der Waals surface area contributed by atoms with Gasteiger partial charge < -0.3 is 10.1 Å². The number of benzene rings is 1. The molecule has 0 spiro atoms. The Kier molecular flexibility index (Phi) is 6.41. The van der Waals surface area contributed by atoms with Gasteiger partial charge in [0.15, 0.2) is 0 Å². The van der Waals surface area contributed by atoms with Gasteiger partial charge >= 0.3 is 5.97 Å². The molecule has 1 unspecified atom stereocenters. The highest BCUT2D eigenvalue weighted by atomic mass is 16.5. The fourth-order valence-electron chi connectivity index (χ4n) is 3.19. The molecule has 1 aromatic rings. The molecule has 0 aliphatic rings. The lowest BCUT2D eigenvalue weighted by Crippen LogP contribution is -2.43. The third-order valence-electron chi connectivity index (χ3n) is 3.80. The topological polar surface area (TPSA) is 38.3 Å². The van der Waals surface area contributed by atoms with Crippen LogP contribution in [0.25, 0.3) is 0 Å². The number of hydrogen-bond acceptors (Lipinski definition) is 3. The summed E-state index contributed by atoms with van der Waals surface area (Å²) >= 11 is 0. The maximum Gasteiger partial charge on any atom is 0.307 e. The molecule has 0 aromatic heterocycles. The van der Waals surface area contributed by atoms with Gasteiger partial charge in [-0.2, -0.15) is 0 Å². The molecule has 0 saturated carbocycles. The molecule has 0 bridgehead atoms. The number of carbonyl (C=O) groups is 1. The quantitative estimate of drug-likeness (QED) is 0.777. The van der Waals surface area contributed by atoms with Crippen LogP contribution < -0.4 is 5.32 Å². The Hall–Kier alpha value is -1.35. The maximum absolute atomic E-state index is 12.0. The van der Waals surface area contributed by atoms with E-state index in [4.69, 9.17) is 4.74 Å². The molecule has 0 heterocycles. The minimum Gasteiger partial charge on any atom is -0.466 e. The Morgan fingerprint density at radius 3 is 2.24 bits per heavy atom. The van der Waals surface area contributed by atoms with Gasteiger partial charge in [0.25, 0.3) is 0 Å². The minimum absolute atomic E-state index is 0.150. The standard InChI is InChI=1S/C18H29NO2/c1-7-9-19-18(6,12-16(20)21-8-2)17-14(4)10-13(3)11-15(17)5/h10-11,19H,7-9,12H2,1-6H3. The molecule has 1 aromatic carbocycles. The summed E-state index contributed by atoms with van der Waals surface area (Å²) in [5, 5.41) is 3.55. The Morgan fingerprint density at radius 1 is 1.19 bits per heavy atom. The zero-order valence-electron chi connectivity index (χ0n) is 14.3. The van der Waals surface area contributed by atoms with Crippen molar-refractivity contribution < 1.29 is 9.53 Å². The van der Waals surface area contributed by atoms with Crippen LogP contribution in [0.1, 0.15) is 55.9 Å². The first-order valence-corrected chi connectivity index (χ1v) is 7.83. The zero-order valence-corrected chi connectivity index (χ0v) is 14.3. The summed E-state index contributed by atoms with van der Waals surface area (Å²) in [7, 11) is 0. The predicted molar refractivity (Wildman–Crippen MR) is 87.5 cm³/mol. The van der Waals surface area contributed by atoms with E-state index in [0.717, 1.165) is 13.0 Å². The first kappa shape index (κ1) is 17.7. The van der Waals surface area contributed by atoms with Crippen molar-refractivity contribution in [1.82, 2.24) is 5.32 Å². The van der Waals surface area contributed by atoms with E-state index >= 15 is 0 Å². The minimum atomic E-state index is -0.385. The molecular weight excluding hydrogens is 262 g/mol. The number of rotatable bonds is 7. The van der Waals surface area contributed by atoms with E-state index in [0.29, 0.717) is 13.0 Å². The lowest BCUT2D eigenvalue weighted by Gasteiger charge is -2.34. The normalized spacial score (nSPS) is 13.8. The molecule has 3 heteroatoms. The predicted octanol–water partition coefficient (Wildman–Crippen LogP) is 3.78. The van der Waals surface area contributed by atoms with Gasteiger partial charge in [-0.15, -0.1) is 0 Å². The fourth-order valence-corrected chi connectivity index (χ4v) is 3.19. The van der Waals surface area contributed by atoms with Gasteiger partial charge in [0.05, 0.1) is 18.6 Å². The van der Waals surface area contributed by atoms with E-state index in [-0.39, 0.29) is 11.5 Å². The highest BCUT2D eigenvalue weighted by Gasteiger charge is 2.32. The molecule has 1 atom stereocenters. The molecule has 0 radical (unpaired) electrons. The molecular formula is C18H29NO2. The summed E-state index contributed by atoms with van der Waals surface area (Å²) in [6.45, 7) is 13.7. The van der Waals surface area contributed by atoms with Crippen LogP contribution in [0.3, 0.4) is 0 Å². The van der Waals surface area contributed by atoms with E-state index in [1.165, 1.54) is 22.3 Å². The summed E-state index contributed by atoms with van der Waals surface area (Å²) in [6, 6.07) is 4.36. The first-order chi connectivity index (χ1) is 9.84. The molecule has 118 valence electrons. The van der Waals surface area contributed by atoms with Gasteiger partial charge in [-0.3, -0.25) is 4.79 Å². The van der Waals surface area contributed by atoms with Gasteiger partial charge in [-0.1, -0.05) is 24.6 Å². The maximum atomic E-state index is 12.0. The van der Waals surface area contributed by atoms with Crippen molar-refractivity contribution in [2.24, 2.45) is 0 Å². The highest BCUT2D eigenvalue weighted by molar-refractivity contribution is 5.71. The molecule has 3 nitrogen and oxygen atoms in total. The van der Waals surface area contributed by atoms with Crippen molar-refractivity contribution >= 4 is 5.97 Å². The highest BCUT2D eigenvalue weighted by Crippen LogP contribution is 2.32. The van der Waals surface area contributed by atoms with Crippen molar-refractivity contribution in [2.45, 2.75) is 59.9 Å². The van der Waals surface area contributed by atoms with Gasteiger partial charge in [-0.05, 0) is 64.3 Å². The molecule has 0 aliphatic carbocycles. The van der Waals surface area contributed by atoms with Crippen LogP contribution in [0.2, 0.25) is 0 Å². The second-order valence-electron chi connectivity index (χ2n) is 6.01. The van der Waals surface area contributed by atoms with Crippen LogP contribution in [0.15, 0.2) is 12.1 Å². The number of aryl methyl sites for hydroxylation is 3. The molecule has 21 heavy (non-hydrogen) atoms. The largest absolute Gasteiger partial charge is 0.466 e. The van der Waals surface area contributed by atoms with Crippen molar-refractivity contribution in [1.29, 1.82) is 0 Å². The Morgan fingerprint density at radius 2 is 1.76 bits per heavy atom. The third-order valence-corrected chi connectivity index (χ3v) is 3.80. The van der Waals surface area contributed by atoms with Crippen LogP contribution in [0, 0.1) is 20.8 Å². The van der Waals surface area contributed by atoms with Crippen molar-refractivity contribution in [3.63, 3.8) is 0 Å². The molecule has 0 fully saturated rings. The van der Waals surface area contributed by atoms with E-state index in [9.17, 15) is 4.79 Å². The Bertz CT molecular complexity index is 473. The second-order valence-corrected chi connectivity index (χ2v) is 6.01. The molecule has 1 N–H and O–H groups in total. The monoisotopic (exact) mass is 291 g/mol. The number of nitrogens with one attached hydrogen (secondary N) is 1. The summed E-state index contributed by atoms with van der Waals surface area (Å²) in [5.74, 6) is -0.150. The Labute approximate surface area is 129 Å². The van der Waals surface area contributed by atoms with Crippen molar-refractivity contribution in [3.8, 4) is 0 Å². The summed E-state index contributed by atoms with van der Waals surface area (Å²) in [5.41, 5.74) is 4.53. The lowest BCUT2D eigenvalue weighted by molar-refractivity contribution is -0.144. The van der Waals surface area contributed by atoms with E-state index in [2.05, 4.69) is 52.1 Å². The smallest absolute Gasteiger partial charge is 0.307 e. The van der Waals surface area contributed by atoms with Gasteiger partial charge in [0.1, 0.15) is 0 Å². The molecule has 0 amide bonds. The first-order valence-electron chi connectivity index (χ1n) is 7.83. The summed E-state index contributed by atoms with van der Waals surface area (Å²) < 4.78 is 5.16. The van der Waals surface area contributed by atoms with Crippen LogP contribution >= 0.6 is 0 Å². The van der Waals surface area contributed by atoms with Gasteiger partial charge in [0.2, 0.25) is 0 Å². The summed E-state index contributed by atoms with van der Waals surface area (Å²) in [4.78, 5) is 12.0. The number of carbonyl (C=O) groups excluding carboxylic acids is 1. The third kappa shape index (κ3) is 4.57. The summed E-state index contributed by atoms with van der Waals surface area (Å²) in [6.07, 6.45) is 1.38. The molecule has 0 saturated heterocycles. The number of esters is 1. The van der Waals surface area contributed by atoms with E-state index in [1.807, 2.05) is 6.92 Å². The zero-order chi connectivity index (χ0) is 16.0. The number of ether oxygens (including phenoxy) is 1. The van der Waals surface area contributed by atoms with Crippen LogP contribution in [0.4, 0.5) is 0 Å². The Balaban J connectivity index is 3.20. The van der Waals surface area contributed by atoms with E-state index < -0.39 is 0 Å². The molecule has 1 rings (SSSR count). The lowest BCUT2D eigenvalue weighted by atomic mass is 9.82. The SMILES string of the molecule is CCCNC(C)(CC(=O)OCC)c1c(C)cc(C)cc1C. The van der Waals surface area contributed by atoms with Gasteiger partial charge in [0, 0.05) is 0 Å². The van der Waals surface area contributed by atoms with Crippen LogP contribution in [-0.2, 0) is 15.1 Å². The second kappa shape index (κ2) is 7.60. The average molecular weight is 291 g/mol. The van der Waals surface area contributed by atoms with Crippen LogP contribution in [0.5, 0.6) is 0 Å². The van der Waals surface area contributed by atoms with Crippen molar-refractivity contribution in [3.05, 3.63) is 34.4 Å². The van der Waals surface area contributed by atoms with E-state index in [1.54, 1.807) is 0 Å². The van der Waals surface area contributed by atoms with Gasteiger partial charge in [-0.25, -0.2) is 0 Å². The van der Waals surface area contributed by atoms with Crippen LogP contribution in [-0.4, -0.2) is 19.1 Å². The number of hydrogen-bond donors (Lipinski definition) is 1.